The molecular formula is C19H22N6O3S. The monoisotopic (exact) mass is 414 g/mol. The van der Waals surface area contributed by atoms with Gasteiger partial charge in [0.2, 0.25) is 5.91 Å². The Morgan fingerprint density at radius 1 is 1.10 bits per heavy atom. The fourth-order valence-electron chi connectivity index (χ4n) is 3.33. The number of thiazole rings is 1. The first kappa shape index (κ1) is 19.2. The Balaban J connectivity index is 1.38. The van der Waals surface area contributed by atoms with Crippen molar-refractivity contribution < 1.29 is 14.4 Å². The number of hydrogen-bond acceptors (Lipinski definition) is 5. The van der Waals surface area contributed by atoms with Crippen molar-refractivity contribution in [3.05, 3.63) is 35.3 Å². The molecule has 0 atom stereocenters. The molecule has 9 nitrogen and oxygen atoms in total. The van der Waals surface area contributed by atoms with Crippen LogP contribution in [0.1, 0.15) is 18.5 Å². The maximum Gasteiger partial charge on any atom is 0.323 e. The third-order valence-corrected chi connectivity index (χ3v) is 5.72. The van der Waals surface area contributed by atoms with Gasteiger partial charge in [0.15, 0.2) is 5.13 Å². The molecule has 0 unspecified atom stereocenters. The summed E-state index contributed by atoms with van der Waals surface area (Å²) in [4.78, 5) is 44.3. The molecule has 2 fully saturated rings. The molecule has 4 rings (SSSR count). The molecule has 0 bridgehead atoms. The van der Waals surface area contributed by atoms with Crippen LogP contribution in [0.2, 0.25) is 0 Å². The molecule has 2 saturated heterocycles. The molecular weight excluding hydrogens is 392 g/mol. The lowest BCUT2D eigenvalue weighted by Gasteiger charge is -2.18. The highest BCUT2D eigenvalue weighted by Crippen LogP contribution is 2.24. The Morgan fingerprint density at radius 2 is 1.83 bits per heavy atom. The number of anilines is 3. The Morgan fingerprint density at radius 3 is 2.52 bits per heavy atom. The van der Waals surface area contributed by atoms with E-state index in [1.165, 1.54) is 11.3 Å². The highest BCUT2D eigenvalue weighted by molar-refractivity contribution is 7.14. The van der Waals surface area contributed by atoms with E-state index >= 15 is 0 Å². The van der Waals surface area contributed by atoms with Crippen LogP contribution in [0.25, 0.3) is 0 Å². The molecule has 3 N–H and O–H groups in total. The summed E-state index contributed by atoms with van der Waals surface area (Å²) in [5.74, 6) is -0.240. The van der Waals surface area contributed by atoms with Gasteiger partial charge in [0, 0.05) is 31.6 Å². The molecule has 5 amide bonds. The van der Waals surface area contributed by atoms with E-state index in [9.17, 15) is 14.4 Å². The minimum atomic E-state index is -0.240. The number of rotatable bonds is 5. The molecule has 0 spiro atoms. The first-order chi connectivity index (χ1) is 14.1. The van der Waals surface area contributed by atoms with E-state index in [0.717, 1.165) is 25.9 Å². The molecule has 0 aliphatic carbocycles. The zero-order valence-electron chi connectivity index (χ0n) is 15.8. The van der Waals surface area contributed by atoms with Gasteiger partial charge in [0.1, 0.15) is 0 Å². The smallest absolute Gasteiger partial charge is 0.323 e. The van der Waals surface area contributed by atoms with Gasteiger partial charge in [0.25, 0.3) is 0 Å². The van der Waals surface area contributed by atoms with Gasteiger partial charge in [-0.1, -0.05) is 12.1 Å². The summed E-state index contributed by atoms with van der Waals surface area (Å²) in [6.07, 6.45) is 2.11. The van der Waals surface area contributed by atoms with Gasteiger partial charge in [-0.15, -0.1) is 11.3 Å². The zero-order valence-corrected chi connectivity index (χ0v) is 16.6. The average molecular weight is 414 g/mol. The van der Waals surface area contributed by atoms with Gasteiger partial charge in [-0.3, -0.25) is 9.69 Å². The molecule has 1 aromatic carbocycles. The molecule has 10 heteroatoms. The van der Waals surface area contributed by atoms with Crippen LogP contribution < -0.4 is 20.9 Å². The summed E-state index contributed by atoms with van der Waals surface area (Å²) in [5, 5.41) is 10.8. The van der Waals surface area contributed by atoms with Crippen molar-refractivity contribution in [2.45, 2.75) is 19.3 Å². The second-order valence-electron chi connectivity index (χ2n) is 6.90. The van der Waals surface area contributed by atoms with Crippen molar-refractivity contribution in [2.24, 2.45) is 0 Å². The molecule has 2 aliphatic heterocycles. The maximum absolute atomic E-state index is 12.5. The SMILES string of the molecule is O=C(Cc1csc(N2CCNC2=O)n1)Nc1ccccc1NC(=O)N1CCCC1. The highest BCUT2D eigenvalue weighted by atomic mass is 32.1. The Hall–Kier alpha value is -3.14. The Bertz CT molecular complexity index is 924. The van der Waals surface area contributed by atoms with E-state index in [0.29, 0.717) is 35.3 Å². The maximum atomic E-state index is 12.5. The van der Waals surface area contributed by atoms with Gasteiger partial charge >= 0.3 is 12.1 Å². The number of amides is 5. The topological polar surface area (TPSA) is 107 Å². The van der Waals surface area contributed by atoms with Crippen LogP contribution in [0.3, 0.4) is 0 Å². The number of benzene rings is 1. The van der Waals surface area contributed by atoms with Crippen LogP contribution in [0, 0.1) is 0 Å². The van der Waals surface area contributed by atoms with Crippen LogP contribution in [0.5, 0.6) is 0 Å². The van der Waals surface area contributed by atoms with E-state index in [1.54, 1.807) is 33.4 Å². The molecule has 152 valence electrons. The molecule has 29 heavy (non-hydrogen) atoms. The number of urea groups is 2. The minimum Gasteiger partial charge on any atom is -0.336 e. The Labute approximate surface area is 172 Å². The predicted molar refractivity (Wildman–Crippen MR) is 111 cm³/mol. The van der Waals surface area contributed by atoms with Crippen LogP contribution >= 0.6 is 11.3 Å². The van der Waals surface area contributed by atoms with Crippen LogP contribution in [-0.4, -0.2) is 54.0 Å². The normalized spacial score (nSPS) is 16.1. The largest absolute Gasteiger partial charge is 0.336 e. The van der Waals surface area contributed by atoms with Crippen LogP contribution in [0.4, 0.5) is 26.1 Å². The number of aromatic nitrogens is 1. The van der Waals surface area contributed by atoms with Gasteiger partial charge < -0.3 is 20.9 Å². The summed E-state index contributed by atoms with van der Waals surface area (Å²) in [6.45, 7) is 2.67. The molecule has 3 heterocycles. The first-order valence-corrected chi connectivity index (χ1v) is 10.4. The predicted octanol–water partition coefficient (Wildman–Crippen LogP) is 2.48. The van der Waals surface area contributed by atoms with E-state index in [2.05, 4.69) is 20.9 Å². The molecule has 1 aromatic heterocycles. The quantitative estimate of drug-likeness (QED) is 0.699. The van der Waals surface area contributed by atoms with Gasteiger partial charge in [0.05, 0.1) is 23.5 Å². The number of carbonyl (C=O) groups excluding carboxylic acids is 3. The lowest BCUT2D eigenvalue weighted by Crippen LogP contribution is -2.32. The van der Waals surface area contributed by atoms with Gasteiger partial charge in [-0.05, 0) is 25.0 Å². The minimum absolute atomic E-state index is 0.0837. The van der Waals surface area contributed by atoms with Crippen LogP contribution in [-0.2, 0) is 11.2 Å². The number of para-hydroxylation sites is 2. The van der Waals surface area contributed by atoms with Crippen molar-refractivity contribution in [3.63, 3.8) is 0 Å². The zero-order chi connectivity index (χ0) is 20.2. The van der Waals surface area contributed by atoms with Gasteiger partial charge in [-0.2, -0.15) is 0 Å². The highest BCUT2D eigenvalue weighted by Gasteiger charge is 2.24. The lowest BCUT2D eigenvalue weighted by atomic mass is 10.2. The number of nitrogens with zero attached hydrogens (tertiary/aromatic N) is 3. The molecule has 2 aromatic rings. The summed E-state index contributed by atoms with van der Waals surface area (Å²) in [5.41, 5.74) is 1.70. The van der Waals surface area contributed by atoms with E-state index < -0.39 is 0 Å². The summed E-state index contributed by atoms with van der Waals surface area (Å²) in [7, 11) is 0. The number of nitrogens with one attached hydrogen (secondary N) is 3. The lowest BCUT2D eigenvalue weighted by molar-refractivity contribution is -0.115. The van der Waals surface area contributed by atoms with E-state index in [4.69, 9.17) is 0 Å². The number of carbonyl (C=O) groups is 3. The Kier molecular flexibility index (Phi) is 5.61. The second kappa shape index (κ2) is 8.48. The van der Waals surface area contributed by atoms with Crippen molar-refractivity contribution in [1.82, 2.24) is 15.2 Å². The standard InChI is InChI=1S/C19H22N6O3S/c26-16(11-13-12-29-19(21-13)25-10-7-20-17(25)27)22-14-5-1-2-6-15(14)23-18(28)24-8-3-4-9-24/h1-2,5-6,12H,3-4,7-11H2,(H,20,27)(H,22,26)(H,23,28). The van der Waals surface area contributed by atoms with Crippen molar-refractivity contribution in [1.29, 1.82) is 0 Å². The second-order valence-corrected chi connectivity index (χ2v) is 7.74. The first-order valence-electron chi connectivity index (χ1n) is 9.55. The third-order valence-electron chi connectivity index (χ3n) is 4.81. The molecule has 0 saturated carbocycles. The summed E-state index contributed by atoms with van der Waals surface area (Å²) >= 11 is 1.34. The number of hydrogen-bond donors (Lipinski definition) is 3. The van der Waals surface area contributed by atoms with Crippen molar-refractivity contribution in [3.8, 4) is 0 Å². The summed E-state index contributed by atoms with van der Waals surface area (Å²) < 4.78 is 0. The average Bonchev–Trinajstić information content (AvgIpc) is 3.45. The van der Waals surface area contributed by atoms with Crippen molar-refractivity contribution >= 4 is 45.8 Å². The van der Waals surface area contributed by atoms with Crippen LogP contribution in [0.15, 0.2) is 29.6 Å². The number of likely N-dealkylation sites (tertiary alicyclic amines) is 1. The fraction of sp³-hybridized carbons (Fsp3) is 0.368. The molecule has 2 aliphatic rings. The van der Waals surface area contributed by atoms with Crippen molar-refractivity contribution in [2.75, 3.05) is 41.7 Å². The third kappa shape index (κ3) is 4.48. The van der Waals surface area contributed by atoms with Gasteiger partial charge in [-0.25, -0.2) is 14.6 Å². The van der Waals surface area contributed by atoms with E-state index in [1.807, 2.05) is 6.07 Å². The summed E-state index contributed by atoms with van der Waals surface area (Å²) in [6, 6.07) is 6.79. The molecule has 0 radical (unpaired) electrons. The fourth-order valence-corrected chi connectivity index (χ4v) is 4.18. The van der Waals surface area contributed by atoms with E-state index in [-0.39, 0.29) is 24.4 Å².